The molecule has 0 heterocycles. The molecule has 0 bridgehead atoms. The number of hydrogen-bond donors (Lipinski definition) is 0. The summed E-state index contributed by atoms with van der Waals surface area (Å²) in [5, 5.41) is -0.0966. The predicted molar refractivity (Wildman–Crippen MR) is 107 cm³/mol. The van der Waals surface area contributed by atoms with Crippen LogP contribution in [-0.2, 0) is 17.9 Å². The van der Waals surface area contributed by atoms with Gasteiger partial charge in [-0.3, -0.25) is 4.79 Å². The molecule has 0 aliphatic rings. The summed E-state index contributed by atoms with van der Waals surface area (Å²) in [5.41, 5.74) is 3.68. The summed E-state index contributed by atoms with van der Waals surface area (Å²) in [6, 6.07) is 16.8. The van der Waals surface area contributed by atoms with Gasteiger partial charge >= 0.3 is 0 Å². The lowest BCUT2D eigenvalue weighted by molar-refractivity contribution is -0.129. The predicted octanol–water partition coefficient (Wildman–Crippen LogP) is 4.20. The van der Waals surface area contributed by atoms with Gasteiger partial charge in [-0.2, -0.15) is 0 Å². The van der Waals surface area contributed by atoms with E-state index in [-0.39, 0.29) is 11.2 Å². The number of thioether (sulfide) groups is 1. The zero-order chi connectivity index (χ0) is 18.4. The van der Waals surface area contributed by atoms with Gasteiger partial charge in [-0.25, -0.2) is 0 Å². The lowest BCUT2D eigenvalue weighted by Gasteiger charge is -2.21. The molecule has 134 valence electrons. The zero-order valence-electron chi connectivity index (χ0n) is 15.8. The summed E-state index contributed by atoms with van der Waals surface area (Å²) < 4.78 is 0. The van der Waals surface area contributed by atoms with E-state index in [0.29, 0.717) is 6.54 Å². The quantitative estimate of drug-likeness (QED) is 0.695. The maximum Gasteiger partial charge on any atom is 0.235 e. The highest BCUT2D eigenvalue weighted by Gasteiger charge is 2.18. The van der Waals surface area contributed by atoms with Crippen LogP contribution in [0, 0.1) is 6.92 Å². The fourth-order valence-corrected chi connectivity index (χ4v) is 3.63. The van der Waals surface area contributed by atoms with Crippen LogP contribution in [-0.4, -0.2) is 42.1 Å². The van der Waals surface area contributed by atoms with Crippen LogP contribution in [0.3, 0.4) is 0 Å². The van der Waals surface area contributed by atoms with Gasteiger partial charge in [-0.1, -0.05) is 42.0 Å². The summed E-state index contributed by atoms with van der Waals surface area (Å²) in [6.07, 6.45) is 0. The Labute approximate surface area is 156 Å². The number of carbonyl (C=O) groups is 1. The van der Waals surface area contributed by atoms with Crippen molar-refractivity contribution < 1.29 is 4.79 Å². The minimum atomic E-state index is -0.0966. The molecule has 25 heavy (non-hydrogen) atoms. The maximum absolute atomic E-state index is 12.6. The third-order valence-corrected chi connectivity index (χ3v) is 5.10. The Balaban J connectivity index is 1.91. The van der Waals surface area contributed by atoms with Gasteiger partial charge in [0.2, 0.25) is 5.91 Å². The molecule has 1 atom stereocenters. The van der Waals surface area contributed by atoms with Crippen LogP contribution in [0.25, 0.3) is 0 Å². The molecule has 2 rings (SSSR count). The SMILES string of the molecule is Cc1ccc(SC(C)C(=O)N(C)Cc2ccc(CN(C)C)cc2)cc1. The molecule has 0 N–H and O–H groups in total. The van der Waals surface area contributed by atoms with E-state index in [2.05, 4.69) is 74.4 Å². The Morgan fingerprint density at radius 2 is 1.44 bits per heavy atom. The lowest BCUT2D eigenvalue weighted by atomic mass is 10.1. The summed E-state index contributed by atoms with van der Waals surface area (Å²) in [6.45, 7) is 5.61. The topological polar surface area (TPSA) is 23.6 Å². The third-order valence-electron chi connectivity index (χ3n) is 4.00. The van der Waals surface area contributed by atoms with Crippen molar-refractivity contribution in [3.63, 3.8) is 0 Å². The second kappa shape index (κ2) is 9.07. The Hall–Kier alpha value is -1.78. The number of aryl methyl sites for hydroxylation is 1. The molecular formula is C21H28N2OS. The van der Waals surface area contributed by atoms with E-state index in [1.54, 1.807) is 11.8 Å². The van der Waals surface area contributed by atoms with Gasteiger partial charge in [0.05, 0.1) is 5.25 Å². The zero-order valence-corrected chi connectivity index (χ0v) is 16.6. The number of carbonyl (C=O) groups excluding carboxylic acids is 1. The number of benzene rings is 2. The summed E-state index contributed by atoms with van der Waals surface area (Å²) in [7, 11) is 6.00. The van der Waals surface area contributed by atoms with E-state index in [4.69, 9.17) is 0 Å². The molecule has 0 fully saturated rings. The lowest BCUT2D eigenvalue weighted by Crippen LogP contribution is -2.32. The average Bonchev–Trinajstić information content (AvgIpc) is 2.57. The summed E-state index contributed by atoms with van der Waals surface area (Å²) in [4.78, 5) is 17.7. The highest BCUT2D eigenvalue weighted by molar-refractivity contribution is 8.00. The fourth-order valence-electron chi connectivity index (χ4n) is 2.65. The molecule has 0 saturated carbocycles. The van der Waals surface area contributed by atoms with Crippen molar-refractivity contribution in [2.75, 3.05) is 21.1 Å². The molecule has 1 unspecified atom stereocenters. The molecule has 2 aromatic rings. The molecule has 0 radical (unpaired) electrons. The van der Waals surface area contributed by atoms with Crippen molar-refractivity contribution in [1.82, 2.24) is 9.80 Å². The molecule has 3 nitrogen and oxygen atoms in total. The maximum atomic E-state index is 12.6. The van der Waals surface area contributed by atoms with Crippen LogP contribution in [0.1, 0.15) is 23.6 Å². The number of hydrogen-bond acceptors (Lipinski definition) is 3. The molecule has 2 aromatic carbocycles. The fraction of sp³-hybridized carbons (Fsp3) is 0.381. The van der Waals surface area contributed by atoms with E-state index in [1.165, 1.54) is 11.1 Å². The van der Waals surface area contributed by atoms with Gasteiger partial charge in [0.1, 0.15) is 0 Å². The second-order valence-corrected chi connectivity index (χ2v) is 8.24. The molecule has 4 heteroatoms. The minimum Gasteiger partial charge on any atom is -0.340 e. The first-order chi connectivity index (χ1) is 11.8. The standard InChI is InChI=1S/C21H28N2OS/c1-16-6-12-20(13-7-16)25-17(2)21(24)23(5)15-19-10-8-18(9-11-19)14-22(3)4/h6-13,17H,14-15H2,1-5H3. The molecule has 0 aromatic heterocycles. The van der Waals surface area contributed by atoms with Gasteiger partial charge in [0, 0.05) is 25.0 Å². The molecular weight excluding hydrogens is 328 g/mol. The van der Waals surface area contributed by atoms with E-state index in [9.17, 15) is 4.79 Å². The Kier molecular flexibility index (Phi) is 7.09. The van der Waals surface area contributed by atoms with Crippen molar-refractivity contribution in [3.05, 3.63) is 65.2 Å². The van der Waals surface area contributed by atoms with Crippen LogP contribution in [0.5, 0.6) is 0 Å². The smallest absolute Gasteiger partial charge is 0.235 e. The first-order valence-electron chi connectivity index (χ1n) is 8.56. The molecule has 0 aliphatic carbocycles. The normalized spacial score (nSPS) is 12.2. The van der Waals surface area contributed by atoms with E-state index in [1.807, 2.05) is 18.9 Å². The van der Waals surface area contributed by atoms with Crippen molar-refractivity contribution in [2.45, 2.75) is 37.1 Å². The van der Waals surface area contributed by atoms with Gasteiger partial charge < -0.3 is 9.80 Å². The highest BCUT2D eigenvalue weighted by atomic mass is 32.2. The van der Waals surface area contributed by atoms with Gasteiger partial charge in [0.25, 0.3) is 0 Å². The molecule has 1 amide bonds. The van der Waals surface area contributed by atoms with Crippen LogP contribution in [0.4, 0.5) is 0 Å². The summed E-state index contributed by atoms with van der Waals surface area (Å²) in [5.74, 6) is 0.156. The van der Waals surface area contributed by atoms with E-state index in [0.717, 1.165) is 17.0 Å². The molecule has 0 saturated heterocycles. The van der Waals surface area contributed by atoms with Crippen molar-refractivity contribution in [3.8, 4) is 0 Å². The van der Waals surface area contributed by atoms with Crippen LogP contribution >= 0.6 is 11.8 Å². The van der Waals surface area contributed by atoms with Gasteiger partial charge in [-0.15, -0.1) is 11.8 Å². The van der Waals surface area contributed by atoms with Gasteiger partial charge in [-0.05, 0) is 51.2 Å². The molecule has 0 spiro atoms. The van der Waals surface area contributed by atoms with Crippen LogP contribution < -0.4 is 0 Å². The highest BCUT2D eigenvalue weighted by Crippen LogP contribution is 2.25. The van der Waals surface area contributed by atoms with Crippen molar-refractivity contribution >= 4 is 17.7 Å². The number of rotatable bonds is 7. The Bertz CT molecular complexity index is 680. The third kappa shape index (κ3) is 6.22. The largest absolute Gasteiger partial charge is 0.340 e. The summed E-state index contributed by atoms with van der Waals surface area (Å²) >= 11 is 1.61. The monoisotopic (exact) mass is 356 g/mol. The average molecular weight is 357 g/mol. The first kappa shape index (κ1) is 19.5. The first-order valence-corrected chi connectivity index (χ1v) is 9.44. The molecule has 0 aliphatic heterocycles. The van der Waals surface area contributed by atoms with Gasteiger partial charge in [0.15, 0.2) is 0 Å². The minimum absolute atomic E-state index is 0.0966. The Morgan fingerprint density at radius 3 is 1.96 bits per heavy atom. The van der Waals surface area contributed by atoms with Crippen LogP contribution in [0.15, 0.2) is 53.4 Å². The number of amides is 1. The number of nitrogens with zero attached hydrogens (tertiary/aromatic N) is 2. The van der Waals surface area contributed by atoms with E-state index >= 15 is 0 Å². The van der Waals surface area contributed by atoms with E-state index < -0.39 is 0 Å². The van der Waals surface area contributed by atoms with Crippen molar-refractivity contribution in [1.29, 1.82) is 0 Å². The van der Waals surface area contributed by atoms with Crippen LogP contribution in [0.2, 0.25) is 0 Å². The Morgan fingerprint density at radius 1 is 0.920 bits per heavy atom. The van der Waals surface area contributed by atoms with Crippen molar-refractivity contribution in [2.24, 2.45) is 0 Å². The second-order valence-electron chi connectivity index (χ2n) is 6.82.